The summed E-state index contributed by atoms with van der Waals surface area (Å²) in [4.78, 5) is 11.6. The molecule has 0 aliphatic rings. The summed E-state index contributed by atoms with van der Waals surface area (Å²) in [7, 11) is 1.63. The van der Waals surface area contributed by atoms with Gasteiger partial charge < -0.3 is 20.1 Å². The molecule has 0 fully saturated rings. The Hall–Kier alpha value is -0.430. The largest absolute Gasteiger partial charge is 0.482 e. The molecule has 0 saturated carbocycles. The molecule has 0 unspecified atom stereocenters. The Bertz CT molecular complexity index is 475. The number of carbonyl (C=O) groups is 1. The van der Waals surface area contributed by atoms with Gasteiger partial charge in [0.15, 0.2) is 6.61 Å². The quantitative estimate of drug-likeness (QED) is 0.502. The van der Waals surface area contributed by atoms with E-state index in [1.165, 1.54) is 12.1 Å². The van der Waals surface area contributed by atoms with Crippen molar-refractivity contribution in [2.75, 3.05) is 40.0 Å². The summed E-state index contributed by atoms with van der Waals surface area (Å²) in [5, 5.41) is 6.77. The molecule has 0 aromatic heterocycles. The highest BCUT2D eigenvalue weighted by atomic mass is 35.5. The summed E-state index contributed by atoms with van der Waals surface area (Å²) in [5.74, 6) is 0.0742. The molecule has 0 spiro atoms. The maximum Gasteiger partial charge on any atom is 0.257 e. The number of benzene rings is 1. The average Bonchev–Trinajstić information content (AvgIpc) is 2.45. The number of carbonyl (C=O) groups excluding carboxylic acids is 1. The van der Waals surface area contributed by atoms with Gasteiger partial charge in [-0.25, -0.2) is 0 Å². The molecule has 1 amide bonds. The zero-order valence-corrected chi connectivity index (χ0v) is 15.0. The second-order valence-electron chi connectivity index (χ2n) is 4.08. The van der Waals surface area contributed by atoms with Gasteiger partial charge in [-0.05, 0) is 6.07 Å². The Labute approximate surface area is 151 Å². The van der Waals surface area contributed by atoms with Crippen LogP contribution in [0.3, 0.4) is 0 Å². The molecule has 0 aliphatic heterocycles. The van der Waals surface area contributed by atoms with E-state index in [-0.39, 0.29) is 24.9 Å². The number of nitrogens with one attached hydrogen (secondary N) is 2. The minimum Gasteiger partial charge on any atom is -0.482 e. The van der Waals surface area contributed by atoms with Gasteiger partial charge in [0.05, 0.1) is 21.7 Å². The molecule has 1 aromatic rings. The highest BCUT2D eigenvalue weighted by Gasteiger charge is 2.09. The molecular weight excluding hydrogens is 374 g/mol. The average molecular weight is 392 g/mol. The topological polar surface area (TPSA) is 59.6 Å². The van der Waals surface area contributed by atoms with Gasteiger partial charge in [0.25, 0.3) is 5.91 Å². The molecule has 1 aromatic carbocycles. The van der Waals surface area contributed by atoms with Gasteiger partial charge in [-0.15, -0.1) is 12.4 Å². The van der Waals surface area contributed by atoms with E-state index in [9.17, 15) is 4.79 Å². The van der Waals surface area contributed by atoms with Gasteiger partial charge in [-0.1, -0.05) is 34.8 Å². The van der Waals surface area contributed by atoms with E-state index in [1.807, 2.05) is 0 Å². The van der Waals surface area contributed by atoms with Crippen LogP contribution in [0.1, 0.15) is 0 Å². The molecule has 9 heteroatoms. The van der Waals surface area contributed by atoms with E-state index >= 15 is 0 Å². The third-order valence-electron chi connectivity index (χ3n) is 2.44. The van der Waals surface area contributed by atoms with Crippen molar-refractivity contribution in [2.45, 2.75) is 0 Å². The monoisotopic (exact) mass is 390 g/mol. The van der Waals surface area contributed by atoms with Crippen LogP contribution in [0.15, 0.2) is 12.1 Å². The summed E-state index contributed by atoms with van der Waals surface area (Å²) in [6.07, 6.45) is 0. The Morgan fingerprint density at radius 2 is 1.77 bits per heavy atom. The van der Waals surface area contributed by atoms with Gasteiger partial charge in [0, 0.05) is 32.8 Å². The van der Waals surface area contributed by atoms with Crippen LogP contribution in [0.4, 0.5) is 0 Å². The normalized spacial score (nSPS) is 10.0. The first-order valence-electron chi connectivity index (χ1n) is 6.28. The SMILES string of the molecule is COCCNCCNC(=O)COc1cc(Cl)c(Cl)cc1Cl.Cl. The Kier molecular flexibility index (Phi) is 11.8. The smallest absolute Gasteiger partial charge is 0.257 e. The molecule has 126 valence electrons. The third kappa shape index (κ3) is 8.27. The standard InChI is InChI=1S/C13H17Cl3N2O3.ClH/c1-20-5-4-17-2-3-18-13(19)8-21-12-7-10(15)9(14)6-11(12)16;/h6-7,17H,2-5,8H2,1H3,(H,18,19);1H. The zero-order valence-electron chi connectivity index (χ0n) is 12.0. The third-order valence-corrected chi connectivity index (χ3v) is 3.46. The van der Waals surface area contributed by atoms with Crippen molar-refractivity contribution >= 4 is 53.1 Å². The first kappa shape index (κ1) is 21.6. The maximum atomic E-state index is 11.6. The Balaban J connectivity index is 0.00000441. The minimum atomic E-state index is -0.245. The second kappa shape index (κ2) is 12.0. The van der Waals surface area contributed by atoms with E-state index < -0.39 is 0 Å². The van der Waals surface area contributed by atoms with Crippen LogP contribution in [0.5, 0.6) is 5.75 Å². The number of hydrogen-bond donors (Lipinski definition) is 2. The molecule has 0 radical (unpaired) electrons. The van der Waals surface area contributed by atoms with Gasteiger partial charge >= 0.3 is 0 Å². The van der Waals surface area contributed by atoms with E-state index in [0.717, 1.165) is 6.54 Å². The van der Waals surface area contributed by atoms with Crippen LogP contribution in [-0.2, 0) is 9.53 Å². The van der Waals surface area contributed by atoms with Crippen molar-refractivity contribution in [2.24, 2.45) is 0 Å². The number of amides is 1. The fourth-order valence-corrected chi connectivity index (χ4v) is 1.99. The summed E-state index contributed by atoms with van der Waals surface area (Å²) in [6, 6.07) is 2.95. The van der Waals surface area contributed by atoms with E-state index in [4.69, 9.17) is 44.3 Å². The molecule has 0 saturated heterocycles. The number of rotatable bonds is 9. The van der Waals surface area contributed by atoms with Gasteiger partial charge in [-0.3, -0.25) is 4.79 Å². The van der Waals surface area contributed by atoms with Gasteiger partial charge in [0.1, 0.15) is 5.75 Å². The molecule has 1 rings (SSSR count). The lowest BCUT2D eigenvalue weighted by Gasteiger charge is -2.10. The van der Waals surface area contributed by atoms with Crippen LogP contribution in [-0.4, -0.2) is 45.9 Å². The van der Waals surface area contributed by atoms with Crippen molar-refractivity contribution in [1.82, 2.24) is 10.6 Å². The van der Waals surface area contributed by atoms with Crippen LogP contribution in [0, 0.1) is 0 Å². The van der Waals surface area contributed by atoms with Crippen molar-refractivity contribution in [1.29, 1.82) is 0 Å². The Morgan fingerprint density at radius 3 is 2.45 bits per heavy atom. The predicted molar refractivity (Wildman–Crippen MR) is 92.0 cm³/mol. The lowest BCUT2D eigenvalue weighted by Crippen LogP contribution is -2.35. The van der Waals surface area contributed by atoms with Crippen molar-refractivity contribution in [3.05, 3.63) is 27.2 Å². The van der Waals surface area contributed by atoms with E-state index in [2.05, 4.69) is 10.6 Å². The fraction of sp³-hybridized carbons (Fsp3) is 0.462. The first-order valence-corrected chi connectivity index (χ1v) is 7.41. The molecule has 5 nitrogen and oxygen atoms in total. The minimum absolute atomic E-state index is 0. The first-order chi connectivity index (χ1) is 10.0. The van der Waals surface area contributed by atoms with Gasteiger partial charge in [-0.2, -0.15) is 0 Å². The molecule has 2 N–H and O–H groups in total. The molecule has 22 heavy (non-hydrogen) atoms. The van der Waals surface area contributed by atoms with E-state index in [0.29, 0.717) is 40.5 Å². The van der Waals surface area contributed by atoms with Crippen molar-refractivity contribution < 1.29 is 14.3 Å². The van der Waals surface area contributed by atoms with Gasteiger partial charge in [0.2, 0.25) is 0 Å². The molecule has 0 aliphatic carbocycles. The van der Waals surface area contributed by atoms with E-state index in [1.54, 1.807) is 7.11 Å². The van der Waals surface area contributed by atoms with Crippen LogP contribution < -0.4 is 15.4 Å². The highest BCUT2D eigenvalue weighted by Crippen LogP contribution is 2.33. The number of hydrogen-bond acceptors (Lipinski definition) is 4. The summed E-state index contributed by atoms with van der Waals surface area (Å²) < 4.78 is 10.2. The van der Waals surface area contributed by atoms with Crippen LogP contribution in [0.25, 0.3) is 0 Å². The molecule has 0 heterocycles. The van der Waals surface area contributed by atoms with Crippen molar-refractivity contribution in [3.8, 4) is 5.75 Å². The summed E-state index contributed by atoms with van der Waals surface area (Å²) in [6.45, 7) is 2.38. The second-order valence-corrected chi connectivity index (χ2v) is 5.30. The fourth-order valence-electron chi connectivity index (χ4n) is 1.40. The lowest BCUT2D eigenvalue weighted by molar-refractivity contribution is -0.123. The molecule has 0 atom stereocenters. The summed E-state index contributed by atoms with van der Waals surface area (Å²) in [5.41, 5.74) is 0. The number of halogens is 4. The van der Waals surface area contributed by atoms with Crippen molar-refractivity contribution in [3.63, 3.8) is 0 Å². The van der Waals surface area contributed by atoms with Crippen LogP contribution in [0.2, 0.25) is 15.1 Å². The highest BCUT2D eigenvalue weighted by molar-refractivity contribution is 6.43. The number of methoxy groups -OCH3 is 1. The molecule has 0 bridgehead atoms. The molecular formula is C13H18Cl4N2O3. The maximum absolute atomic E-state index is 11.6. The zero-order chi connectivity index (χ0) is 15.7. The van der Waals surface area contributed by atoms with Crippen LogP contribution >= 0.6 is 47.2 Å². The summed E-state index contributed by atoms with van der Waals surface area (Å²) >= 11 is 17.6. The lowest BCUT2D eigenvalue weighted by atomic mass is 10.3. The number of ether oxygens (including phenoxy) is 2. The predicted octanol–water partition coefficient (Wildman–Crippen LogP) is 2.80. The Morgan fingerprint density at radius 1 is 1.09 bits per heavy atom.